The average molecular weight is 419 g/mol. The lowest BCUT2D eigenvalue weighted by molar-refractivity contribution is -0.119. The van der Waals surface area contributed by atoms with E-state index in [2.05, 4.69) is 10.3 Å². The Morgan fingerprint density at radius 1 is 1.11 bits per heavy atom. The van der Waals surface area contributed by atoms with E-state index in [-0.39, 0.29) is 0 Å². The van der Waals surface area contributed by atoms with Gasteiger partial charge in [0.15, 0.2) is 6.61 Å². The van der Waals surface area contributed by atoms with E-state index in [9.17, 15) is 9.59 Å². The second-order valence-electron chi connectivity index (χ2n) is 5.97. The summed E-state index contributed by atoms with van der Waals surface area (Å²) in [5.41, 5.74) is 2.19. The lowest BCUT2D eigenvalue weighted by Crippen LogP contribution is -2.21. The summed E-state index contributed by atoms with van der Waals surface area (Å²) in [6.07, 6.45) is 0. The van der Waals surface area contributed by atoms with Crippen LogP contribution in [0.1, 0.15) is 15.9 Å². The standard InChI is InChI=1S/C20H16Cl2N2O4/c1-11-7-16(17(27-2)9-14(11)21)24-19(25)10-28-20(26)13-3-5-15-12(8-13)4-6-18(22)23-15/h3-9H,10H2,1-2H3,(H,24,25). The van der Waals surface area contributed by atoms with Crippen molar-refractivity contribution in [3.63, 3.8) is 0 Å². The van der Waals surface area contributed by atoms with Gasteiger partial charge in [-0.15, -0.1) is 0 Å². The van der Waals surface area contributed by atoms with Gasteiger partial charge >= 0.3 is 5.97 Å². The number of aryl methyl sites for hydroxylation is 1. The number of ether oxygens (including phenoxy) is 2. The van der Waals surface area contributed by atoms with Crippen LogP contribution in [0.25, 0.3) is 10.9 Å². The highest BCUT2D eigenvalue weighted by Crippen LogP contribution is 2.30. The summed E-state index contributed by atoms with van der Waals surface area (Å²) < 4.78 is 10.3. The van der Waals surface area contributed by atoms with Crippen LogP contribution in [0, 0.1) is 6.92 Å². The molecule has 8 heteroatoms. The molecule has 0 radical (unpaired) electrons. The van der Waals surface area contributed by atoms with Crippen LogP contribution in [0.4, 0.5) is 5.69 Å². The quantitative estimate of drug-likeness (QED) is 0.481. The normalized spacial score (nSPS) is 10.6. The molecule has 28 heavy (non-hydrogen) atoms. The number of carbonyl (C=O) groups excluding carboxylic acids is 2. The van der Waals surface area contributed by atoms with Crippen LogP contribution >= 0.6 is 23.2 Å². The van der Waals surface area contributed by atoms with Crippen LogP contribution in [0.3, 0.4) is 0 Å². The van der Waals surface area contributed by atoms with E-state index in [0.717, 1.165) is 10.9 Å². The van der Waals surface area contributed by atoms with Gasteiger partial charge < -0.3 is 14.8 Å². The van der Waals surface area contributed by atoms with E-state index in [1.54, 1.807) is 49.4 Å². The summed E-state index contributed by atoms with van der Waals surface area (Å²) >= 11 is 11.9. The molecule has 144 valence electrons. The molecule has 0 atom stereocenters. The highest BCUT2D eigenvalue weighted by Gasteiger charge is 2.14. The van der Waals surface area contributed by atoms with Crippen molar-refractivity contribution in [3.8, 4) is 5.75 Å². The Kier molecular flexibility index (Phi) is 6.02. The lowest BCUT2D eigenvalue weighted by Gasteiger charge is -2.12. The van der Waals surface area contributed by atoms with Crippen molar-refractivity contribution >= 4 is 51.7 Å². The number of esters is 1. The zero-order chi connectivity index (χ0) is 20.3. The van der Waals surface area contributed by atoms with Gasteiger partial charge in [0.2, 0.25) is 0 Å². The number of hydrogen-bond donors (Lipinski definition) is 1. The molecule has 0 aliphatic rings. The SMILES string of the molecule is COc1cc(Cl)c(C)cc1NC(=O)COC(=O)c1ccc2nc(Cl)ccc2c1. The second-order valence-corrected chi connectivity index (χ2v) is 6.76. The summed E-state index contributed by atoms with van der Waals surface area (Å²) in [5.74, 6) is -0.704. The van der Waals surface area contributed by atoms with Crippen molar-refractivity contribution in [1.29, 1.82) is 0 Å². The molecule has 0 saturated carbocycles. The van der Waals surface area contributed by atoms with Crippen molar-refractivity contribution in [2.24, 2.45) is 0 Å². The van der Waals surface area contributed by atoms with Gasteiger partial charge in [-0.1, -0.05) is 23.2 Å². The summed E-state index contributed by atoms with van der Waals surface area (Å²) in [5, 5.41) is 4.28. The van der Waals surface area contributed by atoms with Crippen molar-refractivity contribution in [3.05, 3.63) is 63.8 Å². The number of nitrogens with zero attached hydrogens (tertiary/aromatic N) is 1. The minimum atomic E-state index is -0.619. The van der Waals surface area contributed by atoms with Crippen molar-refractivity contribution < 1.29 is 19.1 Å². The largest absolute Gasteiger partial charge is 0.495 e. The maximum Gasteiger partial charge on any atom is 0.338 e. The number of benzene rings is 2. The van der Waals surface area contributed by atoms with Crippen LogP contribution < -0.4 is 10.1 Å². The Balaban J connectivity index is 1.65. The maximum atomic E-state index is 12.2. The first-order valence-corrected chi connectivity index (χ1v) is 9.00. The highest BCUT2D eigenvalue weighted by molar-refractivity contribution is 6.31. The smallest absolute Gasteiger partial charge is 0.338 e. The van der Waals surface area contributed by atoms with Crippen molar-refractivity contribution in [2.45, 2.75) is 6.92 Å². The van der Waals surface area contributed by atoms with Crippen LogP contribution in [0.2, 0.25) is 10.2 Å². The van der Waals surface area contributed by atoms with Gasteiger partial charge in [0.1, 0.15) is 10.9 Å². The summed E-state index contributed by atoms with van der Waals surface area (Å²) in [6, 6.07) is 11.5. The predicted molar refractivity (Wildman–Crippen MR) is 108 cm³/mol. The molecule has 1 heterocycles. The molecule has 3 rings (SSSR count). The number of halogens is 2. The number of carbonyl (C=O) groups is 2. The number of anilines is 1. The van der Waals surface area contributed by atoms with Crippen LogP contribution in [0.5, 0.6) is 5.75 Å². The highest BCUT2D eigenvalue weighted by atomic mass is 35.5. The zero-order valence-corrected chi connectivity index (χ0v) is 16.6. The molecule has 0 bridgehead atoms. The van der Waals surface area contributed by atoms with E-state index in [1.807, 2.05) is 0 Å². The van der Waals surface area contributed by atoms with Crippen LogP contribution in [0.15, 0.2) is 42.5 Å². The van der Waals surface area contributed by atoms with Gasteiger partial charge in [0.25, 0.3) is 5.91 Å². The fourth-order valence-electron chi connectivity index (χ4n) is 2.56. The van der Waals surface area contributed by atoms with E-state index in [4.69, 9.17) is 32.7 Å². The molecule has 0 fully saturated rings. The third-order valence-electron chi connectivity index (χ3n) is 3.98. The minimum absolute atomic E-state index is 0.310. The molecule has 1 aromatic heterocycles. The van der Waals surface area contributed by atoms with E-state index >= 15 is 0 Å². The molecular weight excluding hydrogens is 403 g/mol. The monoisotopic (exact) mass is 418 g/mol. The fraction of sp³-hybridized carbons (Fsp3) is 0.150. The lowest BCUT2D eigenvalue weighted by atomic mass is 10.1. The topological polar surface area (TPSA) is 77.5 Å². The molecule has 3 aromatic rings. The molecule has 0 unspecified atom stereocenters. The molecule has 2 aromatic carbocycles. The third-order valence-corrected chi connectivity index (χ3v) is 4.60. The molecule has 0 aliphatic carbocycles. The van der Waals surface area contributed by atoms with E-state index < -0.39 is 18.5 Å². The number of nitrogens with one attached hydrogen (secondary N) is 1. The van der Waals surface area contributed by atoms with Crippen LogP contribution in [-0.4, -0.2) is 30.6 Å². The first kappa shape index (κ1) is 19.9. The first-order chi connectivity index (χ1) is 13.4. The molecule has 1 N–H and O–H groups in total. The Hall–Kier alpha value is -2.83. The Labute approximate surface area is 171 Å². The Morgan fingerprint density at radius 3 is 2.64 bits per heavy atom. The molecule has 0 aliphatic heterocycles. The summed E-state index contributed by atoms with van der Waals surface area (Å²) in [6.45, 7) is 1.36. The Bertz CT molecular complexity index is 1070. The van der Waals surface area contributed by atoms with Gasteiger partial charge in [-0.2, -0.15) is 0 Å². The number of aromatic nitrogens is 1. The van der Waals surface area contributed by atoms with Gasteiger partial charge in [-0.05, 0) is 48.9 Å². The number of methoxy groups -OCH3 is 1. The van der Waals surface area contributed by atoms with Gasteiger partial charge in [0, 0.05) is 16.5 Å². The summed E-state index contributed by atoms with van der Waals surface area (Å²) in [7, 11) is 1.47. The number of hydrogen-bond acceptors (Lipinski definition) is 5. The van der Waals surface area contributed by atoms with Crippen LogP contribution in [-0.2, 0) is 9.53 Å². The van der Waals surface area contributed by atoms with E-state index in [1.165, 1.54) is 7.11 Å². The molecule has 0 spiro atoms. The molecular formula is C20H16Cl2N2O4. The molecule has 1 amide bonds. The maximum absolute atomic E-state index is 12.2. The van der Waals surface area contributed by atoms with Gasteiger partial charge in [-0.25, -0.2) is 9.78 Å². The van der Waals surface area contributed by atoms with Gasteiger partial charge in [0.05, 0.1) is 23.9 Å². The summed E-state index contributed by atoms with van der Waals surface area (Å²) in [4.78, 5) is 28.6. The molecule has 0 saturated heterocycles. The first-order valence-electron chi connectivity index (χ1n) is 8.25. The zero-order valence-electron chi connectivity index (χ0n) is 15.1. The number of rotatable bonds is 5. The number of amides is 1. The fourth-order valence-corrected chi connectivity index (χ4v) is 2.87. The van der Waals surface area contributed by atoms with Crippen molar-refractivity contribution in [1.82, 2.24) is 4.98 Å². The number of pyridine rings is 1. The van der Waals surface area contributed by atoms with Gasteiger partial charge in [-0.3, -0.25) is 4.79 Å². The predicted octanol–water partition coefficient (Wildman–Crippen LogP) is 4.65. The second kappa shape index (κ2) is 8.46. The third kappa shape index (κ3) is 4.52. The van der Waals surface area contributed by atoms with Crippen molar-refractivity contribution in [2.75, 3.05) is 19.0 Å². The minimum Gasteiger partial charge on any atom is -0.495 e. The Morgan fingerprint density at radius 2 is 1.89 bits per heavy atom. The average Bonchev–Trinajstić information content (AvgIpc) is 2.68. The van der Waals surface area contributed by atoms with E-state index in [0.29, 0.717) is 32.7 Å². The molecule has 6 nitrogen and oxygen atoms in total. The number of fused-ring (bicyclic) bond motifs is 1.